The van der Waals surface area contributed by atoms with Crippen molar-refractivity contribution in [3.63, 3.8) is 0 Å². The number of aromatic hydroxyl groups is 1. The van der Waals surface area contributed by atoms with Crippen molar-refractivity contribution < 1.29 is 5.11 Å². The van der Waals surface area contributed by atoms with E-state index in [1.807, 2.05) is 4.98 Å². The van der Waals surface area contributed by atoms with E-state index in [-0.39, 0.29) is 12.1 Å². The van der Waals surface area contributed by atoms with Crippen LogP contribution in [0.25, 0.3) is 0 Å². The van der Waals surface area contributed by atoms with Gasteiger partial charge < -0.3 is 10.1 Å². The average Bonchev–Trinajstić information content (AvgIpc) is 2.00. The van der Waals surface area contributed by atoms with E-state index in [0.717, 1.165) is 0 Å². The fraction of sp³-hybridized carbons (Fsp3) is 0.143. The molecule has 0 spiro atoms. The molecule has 0 amide bonds. The minimum atomic E-state index is -0.830. The molecule has 12 heavy (non-hydrogen) atoms. The Morgan fingerprint density at radius 3 is 2.67 bits per heavy atom. The molecule has 3 N–H and O–H groups in total. The average molecular weight is 166 g/mol. The quantitative estimate of drug-likeness (QED) is 0.465. The van der Waals surface area contributed by atoms with E-state index >= 15 is 0 Å². The fourth-order valence-electron chi connectivity index (χ4n) is 0.757. The first-order valence-corrected chi connectivity index (χ1v) is 3.13. The highest BCUT2D eigenvalue weighted by Crippen LogP contribution is 2.03. The van der Waals surface area contributed by atoms with E-state index in [2.05, 4.69) is 10.9 Å². The number of aromatic nitrogens is 2. The van der Waals surface area contributed by atoms with Gasteiger partial charge >= 0.3 is 5.69 Å². The van der Waals surface area contributed by atoms with Gasteiger partial charge in [-0.25, -0.2) is 4.79 Å². The number of nitrogens with one attached hydrogen (secondary N) is 2. The standard InChI is InChI=1S/C7H6N2O3/c1-2-3-4-5(10)6(11)9-7(12)8-4/h1,10H,3H2,(H2,8,9,11,12). The van der Waals surface area contributed by atoms with Crippen LogP contribution in [0.3, 0.4) is 0 Å². The number of H-pyrrole nitrogens is 2. The molecule has 1 rings (SSSR count). The molecule has 0 aromatic carbocycles. The Bertz CT molecular complexity index is 435. The van der Waals surface area contributed by atoms with Gasteiger partial charge in [0.1, 0.15) is 0 Å². The van der Waals surface area contributed by atoms with E-state index in [1.165, 1.54) is 0 Å². The van der Waals surface area contributed by atoms with E-state index in [4.69, 9.17) is 11.5 Å². The number of rotatable bonds is 1. The molecule has 62 valence electrons. The third-order valence-corrected chi connectivity index (χ3v) is 1.27. The Hall–Kier alpha value is -1.96. The monoisotopic (exact) mass is 166 g/mol. The Morgan fingerprint density at radius 2 is 2.08 bits per heavy atom. The van der Waals surface area contributed by atoms with Gasteiger partial charge in [0.15, 0.2) is 0 Å². The van der Waals surface area contributed by atoms with Crippen molar-refractivity contribution in [2.24, 2.45) is 0 Å². The van der Waals surface area contributed by atoms with Crippen molar-refractivity contribution in [1.82, 2.24) is 9.97 Å². The van der Waals surface area contributed by atoms with Gasteiger partial charge in [-0.3, -0.25) is 9.78 Å². The molecule has 0 aliphatic heterocycles. The highest BCUT2D eigenvalue weighted by molar-refractivity contribution is 5.24. The molecule has 0 aliphatic rings. The summed E-state index contributed by atoms with van der Waals surface area (Å²) in [6.45, 7) is 0. The van der Waals surface area contributed by atoms with Crippen molar-refractivity contribution in [2.75, 3.05) is 0 Å². The SMILES string of the molecule is C#CCc1[nH]c(=O)[nH]c(=O)c1O. The number of aromatic amines is 2. The summed E-state index contributed by atoms with van der Waals surface area (Å²) in [5.74, 6) is 1.66. The van der Waals surface area contributed by atoms with Crippen molar-refractivity contribution in [3.05, 3.63) is 26.5 Å². The van der Waals surface area contributed by atoms with Gasteiger partial charge in [-0.15, -0.1) is 12.3 Å². The predicted molar refractivity (Wildman–Crippen MR) is 41.9 cm³/mol. The maximum absolute atomic E-state index is 10.7. The van der Waals surface area contributed by atoms with Crippen molar-refractivity contribution in [2.45, 2.75) is 6.42 Å². The molecule has 1 heterocycles. The second-order valence-corrected chi connectivity index (χ2v) is 2.12. The van der Waals surface area contributed by atoms with Crippen LogP contribution in [0.1, 0.15) is 5.69 Å². The third-order valence-electron chi connectivity index (χ3n) is 1.27. The molecule has 0 aliphatic carbocycles. The lowest BCUT2D eigenvalue weighted by Gasteiger charge is -1.96. The van der Waals surface area contributed by atoms with Crippen LogP contribution in [-0.2, 0) is 6.42 Å². The Balaban J connectivity index is 3.40. The lowest BCUT2D eigenvalue weighted by molar-refractivity contribution is 0.455. The summed E-state index contributed by atoms with van der Waals surface area (Å²) in [6, 6.07) is 0. The lowest BCUT2D eigenvalue weighted by Crippen LogP contribution is -2.23. The summed E-state index contributed by atoms with van der Waals surface area (Å²) in [6.07, 6.45) is 4.95. The van der Waals surface area contributed by atoms with Crippen LogP contribution in [0.2, 0.25) is 0 Å². The van der Waals surface area contributed by atoms with Gasteiger partial charge in [-0.05, 0) is 0 Å². The number of hydrogen-bond acceptors (Lipinski definition) is 3. The molecule has 1 aromatic heterocycles. The first-order valence-electron chi connectivity index (χ1n) is 3.13. The van der Waals surface area contributed by atoms with Crippen LogP contribution in [-0.4, -0.2) is 15.1 Å². The van der Waals surface area contributed by atoms with E-state index < -0.39 is 17.0 Å². The van der Waals surface area contributed by atoms with E-state index in [9.17, 15) is 9.59 Å². The maximum atomic E-state index is 10.7. The van der Waals surface area contributed by atoms with Gasteiger partial charge in [0, 0.05) is 0 Å². The first-order chi connectivity index (χ1) is 5.65. The normalized spacial score (nSPS) is 9.25. The summed E-state index contributed by atoms with van der Waals surface area (Å²) >= 11 is 0. The van der Waals surface area contributed by atoms with Crippen LogP contribution >= 0.6 is 0 Å². The first kappa shape index (κ1) is 8.14. The third kappa shape index (κ3) is 1.37. The molecule has 1 aromatic rings. The van der Waals surface area contributed by atoms with Gasteiger partial charge in [0.2, 0.25) is 5.75 Å². The van der Waals surface area contributed by atoms with Crippen molar-refractivity contribution in [1.29, 1.82) is 0 Å². The molecular weight excluding hydrogens is 160 g/mol. The molecule has 0 saturated carbocycles. The summed E-state index contributed by atoms with van der Waals surface area (Å²) in [4.78, 5) is 25.5. The minimum absolute atomic E-state index is 0.0188. The number of terminal acetylenes is 1. The lowest BCUT2D eigenvalue weighted by atomic mass is 10.3. The van der Waals surface area contributed by atoms with E-state index in [1.54, 1.807) is 0 Å². The van der Waals surface area contributed by atoms with Gasteiger partial charge in [0.25, 0.3) is 5.56 Å². The Kier molecular flexibility index (Phi) is 2.01. The zero-order valence-corrected chi connectivity index (χ0v) is 6.05. The number of hydrogen-bond donors (Lipinski definition) is 3. The molecule has 5 heteroatoms. The second-order valence-electron chi connectivity index (χ2n) is 2.12. The Morgan fingerprint density at radius 1 is 1.42 bits per heavy atom. The molecular formula is C7H6N2O3. The highest BCUT2D eigenvalue weighted by atomic mass is 16.3. The maximum Gasteiger partial charge on any atom is 0.326 e. The summed E-state index contributed by atoms with van der Waals surface area (Å²) < 4.78 is 0. The largest absolute Gasteiger partial charge is 0.502 e. The predicted octanol–water partition coefficient (Wildman–Crippen LogP) is -1.06. The second kappa shape index (κ2) is 2.96. The van der Waals surface area contributed by atoms with Gasteiger partial charge in [0.05, 0.1) is 12.1 Å². The smallest absolute Gasteiger partial charge is 0.326 e. The molecule has 0 atom stereocenters. The topological polar surface area (TPSA) is 86.0 Å². The molecule has 0 saturated heterocycles. The zero-order chi connectivity index (χ0) is 9.14. The van der Waals surface area contributed by atoms with Crippen LogP contribution < -0.4 is 11.2 Å². The van der Waals surface area contributed by atoms with Crippen LogP contribution in [0.15, 0.2) is 9.59 Å². The van der Waals surface area contributed by atoms with Crippen molar-refractivity contribution >= 4 is 0 Å². The van der Waals surface area contributed by atoms with Gasteiger partial charge in [-0.2, -0.15) is 0 Å². The van der Waals surface area contributed by atoms with E-state index in [0.29, 0.717) is 0 Å². The van der Waals surface area contributed by atoms with Crippen LogP contribution in [0.5, 0.6) is 5.75 Å². The fourth-order valence-corrected chi connectivity index (χ4v) is 0.757. The Labute approximate surface area is 67.1 Å². The zero-order valence-electron chi connectivity index (χ0n) is 6.05. The van der Waals surface area contributed by atoms with Crippen molar-refractivity contribution in [3.8, 4) is 18.1 Å². The molecule has 0 bridgehead atoms. The summed E-state index contributed by atoms with van der Waals surface area (Å²) in [7, 11) is 0. The van der Waals surface area contributed by atoms with Gasteiger partial charge in [-0.1, -0.05) is 0 Å². The van der Waals surface area contributed by atoms with Crippen LogP contribution in [0, 0.1) is 12.3 Å². The minimum Gasteiger partial charge on any atom is -0.502 e. The van der Waals surface area contributed by atoms with Crippen LogP contribution in [0.4, 0.5) is 0 Å². The molecule has 5 nitrogen and oxygen atoms in total. The molecule has 0 fully saturated rings. The highest BCUT2D eigenvalue weighted by Gasteiger charge is 2.04. The molecule has 0 unspecified atom stereocenters. The summed E-state index contributed by atoms with van der Waals surface area (Å²) in [5, 5.41) is 9.04. The summed E-state index contributed by atoms with van der Waals surface area (Å²) in [5.41, 5.74) is -1.45. The molecule has 0 radical (unpaired) electrons.